The molecule has 4 aromatic carbocycles. The molecule has 0 aliphatic heterocycles. The normalized spacial score (nSPS) is 13.8. The van der Waals surface area contributed by atoms with Crippen molar-refractivity contribution in [2.45, 2.75) is 202 Å². The zero-order chi connectivity index (χ0) is 91.0. The minimum Gasteiger partial charge on any atom is -0.437 e. The van der Waals surface area contributed by atoms with Crippen LogP contribution in [0.3, 0.4) is 0 Å². The Labute approximate surface area is 690 Å². The van der Waals surface area contributed by atoms with E-state index in [1.165, 1.54) is 34.1 Å². The molecular weight excluding hydrogens is 1400 g/mol. The van der Waals surface area contributed by atoms with Gasteiger partial charge in [-0.05, 0) is 222 Å². The topological polar surface area (TPSA) is 120 Å². The monoisotopic (exact) mass is 1530 g/mol. The lowest BCUT2D eigenvalue weighted by Crippen LogP contribution is -2.32. The van der Waals surface area contributed by atoms with E-state index in [2.05, 4.69) is 204 Å². The number of rotatable bonds is 16. The van der Waals surface area contributed by atoms with E-state index < -0.39 is 32.8 Å². The zero-order valence-electron chi connectivity index (χ0n) is 82.1. The Bertz CT molecular complexity index is 6810. The van der Waals surface area contributed by atoms with Crippen molar-refractivity contribution in [2.24, 2.45) is 51.9 Å². The van der Waals surface area contributed by atoms with E-state index in [0.29, 0.717) is 82.0 Å². The summed E-state index contributed by atoms with van der Waals surface area (Å²) in [6.45, 7) is 32.9. The van der Waals surface area contributed by atoms with Crippen LogP contribution < -0.4 is 18.3 Å². The molecule has 0 aliphatic rings. The van der Waals surface area contributed by atoms with E-state index in [1.54, 1.807) is 43.9 Å². The molecule has 16 rings (SSSR count). The van der Waals surface area contributed by atoms with Gasteiger partial charge in [0.1, 0.15) is 28.2 Å². The maximum atomic E-state index is 8.70. The van der Waals surface area contributed by atoms with Crippen molar-refractivity contribution in [1.29, 1.82) is 0 Å². The molecule has 0 amide bonds. The maximum Gasteiger partial charge on any atom is 0.227 e. The Morgan fingerprint density at radius 1 is 0.316 bits per heavy atom. The smallest absolute Gasteiger partial charge is 0.227 e. The Balaban J connectivity index is 0.000000143. The SMILES string of the molecule is Cc1c[n+](C)c(-c2c(C)ccc3c2oc2nc(C(C)C)ccc23)cc1CC(C)C.[2H]C([2H])([2H])c1c[n+](C)c(-c2c(C)ccc3c2oc2nc(C(C)C)ccc23)cc1CC(C)C.[2H]C([2H])([2H])c1c[n+](C)c(-c2c(C)ccc3c2oc2nc(CC)ccc23)cc1C([2H])([2H])C(C)C.[2H]C([2H])([2H])c1c[n+](C)c(-c2c(C)ccc3c2oc2nc(CC)ccc23)cc1CC(C)C. The Hall–Kier alpha value is -10.7. The summed E-state index contributed by atoms with van der Waals surface area (Å²) in [6.07, 6.45) is 9.61. The molecule has 0 saturated carbocycles. The minimum absolute atomic E-state index is 0.0242. The first-order valence-corrected chi connectivity index (χ1v) is 40.6. The number of hydrogen-bond donors (Lipinski definition) is 0. The highest BCUT2D eigenvalue weighted by Gasteiger charge is 2.29. The lowest BCUT2D eigenvalue weighted by molar-refractivity contribution is -0.660. The number of pyridine rings is 8. The second-order valence-electron chi connectivity index (χ2n) is 33.5. The Morgan fingerprint density at radius 3 is 0.860 bits per heavy atom. The molecule has 0 spiro atoms. The molecule has 16 aromatic rings. The van der Waals surface area contributed by atoms with Gasteiger partial charge in [0, 0.05) is 127 Å². The van der Waals surface area contributed by atoms with Gasteiger partial charge in [0.25, 0.3) is 0 Å². The lowest BCUT2D eigenvalue weighted by Gasteiger charge is -2.11. The fraction of sp³-hybridized carbons (Fsp3) is 0.373. The van der Waals surface area contributed by atoms with Crippen LogP contribution in [0.1, 0.15) is 213 Å². The van der Waals surface area contributed by atoms with Crippen LogP contribution in [0.5, 0.6) is 0 Å². The zero-order valence-corrected chi connectivity index (χ0v) is 71.1. The van der Waals surface area contributed by atoms with Gasteiger partial charge in [-0.2, -0.15) is 0 Å². The molecule has 114 heavy (non-hydrogen) atoms. The summed E-state index contributed by atoms with van der Waals surface area (Å²) in [4.78, 5) is 18.9. The molecule has 0 radical (unpaired) electrons. The van der Waals surface area contributed by atoms with E-state index in [0.717, 1.165) is 163 Å². The quantitative estimate of drug-likeness (QED) is 0.0878. The maximum absolute atomic E-state index is 8.70. The van der Waals surface area contributed by atoms with Crippen LogP contribution in [-0.4, -0.2) is 19.9 Å². The molecule has 0 atom stereocenters. The van der Waals surface area contributed by atoms with Crippen LogP contribution in [0.25, 0.3) is 133 Å². The van der Waals surface area contributed by atoms with Crippen molar-refractivity contribution in [2.75, 3.05) is 0 Å². The molecule has 0 aliphatic carbocycles. The first-order valence-electron chi connectivity index (χ1n) is 46.1. The van der Waals surface area contributed by atoms with Gasteiger partial charge in [0.15, 0.2) is 47.1 Å². The van der Waals surface area contributed by atoms with Crippen LogP contribution in [0.4, 0.5) is 0 Å². The third kappa shape index (κ3) is 16.4. The summed E-state index contributed by atoms with van der Waals surface area (Å²) < 4.78 is 123. The average Bonchev–Trinajstić information content (AvgIpc) is 1.67. The van der Waals surface area contributed by atoms with Gasteiger partial charge in [0.05, 0.1) is 22.3 Å². The van der Waals surface area contributed by atoms with E-state index in [9.17, 15) is 0 Å². The number of aromatic nitrogens is 8. The molecular formula is C102H120N8O4+4. The third-order valence-electron chi connectivity index (χ3n) is 21.9. The summed E-state index contributed by atoms with van der Waals surface area (Å²) in [5, 5.41) is 8.10. The van der Waals surface area contributed by atoms with Crippen molar-refractivity contribution in [3.05, 3.63) is 236 Å². The molecule has 12 heteroatoms. The van der Waals surface area contributed by atoms with Crippen molar-refractivity contribution >= 4 is 88.3 Å². The molecule has 0 fully saturated rings. The molecule has 12 aromatic heterocycles. The van der Waals surface area contributed by atoms with Crippen LogP contribution >= 0.6 is 0 Å². The van der Waals surface area contributed by atoms with Gasteiger partial charge in [-0.3, -0.25) is 0 Å². The fourth-order valence-corrected chi connectivity index (χ4v) is 15.8. The van der Waals surface area contributed by atoms with Gasteiger partial charge in [-0.1, -0.05) is 145 Å². The summed E-state index contributed by atoms with van der Waals surface area (Å²) in [6, 6.07) is 41.4. The summed E-state index contributed by atoms with van der Waals surface area (Å²) in [5.74, 6) is 1.61. The van der Waals surface area contributed by atoms with Gasteiger partial charge in [-0.15, -0.1) is 0 Å². The van der Waals surface area contributed by atoms with Crippen molar-refractivity contribution in [3.63, 3.8) is 0 Å². The predicted octanol–water partition coefficient (Wildman–Crippen LogP) is 24.5. The fourth-order valence-electron chi connectivity index (χ4n) is 15.8. The molecule has 12 heterocycles. The van der Waals surface area contributed by atoms with Gasteiger partial charge in [0.2, 0.25) is 45.6 Å². The van der Waals surface area contributed by atoms with Crippen LogP contribution in [-0.2, 0) is 66.7 Å². The molecule has 0 saturated heterocycles. The van der Waals surface area contributed by atoms with E-state index in [-0.39, 0.29) is 11.1 Å². The molecule has 588 valence electrons. The molecule has 0 unspecified atom stereocenters. The Kier molecular flexibility index (Phi) is 19.8. The first-order chi connectivity index (χ1) is 58.7. The highest BCUT2D eigenvalue weighted by atomic mass is 16.4. The largest absolute Gasteiger partial charge is 0.437 e. The van der Waals surface area contributed by atoms with Crippen LogP contribution in [0.2, 0.25) is 0 Å². The number of benzene rings is 4. The highest BCUT2D eigenvalue weighted by molar-refractivity contribution is 6.12. The van der Waals surface area contributed by atoms with Crippen molar-refractivity contribution < 1.29 is 51.0 Å². The van der Waals surface area contributed by atoms with Gasteiger partial charge >= 0.3 is 0 Å². The number of fused-ring (bicyclic) bond motifs is 12. The van der Waals surface area contributed by atoms with Crippen LogP contribution in [0.15, 0.2) is 164 Å². The average molecular weight is 1530 g/mol. The summed E-state index contributed by atoms with van der Waals surface area (Å²) in [7, 11) is 7.71. The number of furan rings is 4. The van der Waals surface area contributed by atoms with Gasteiger partial charge < -0.3 is 17.7 Å². The standard InChI is InChI=1S/2C26H31N2O.2C25H29N2O/c2*1-15(2)12-19-13-23(28(7)14-18(19)6)24-17(5)8-9-20-21-10-11-22(16(3)4)27-26(21)29-25(20)24;2*1-7-19-9-11-21-20-10-8-16(4)23(24(20)28-25(21)26-19)22-13-18(12-15(2)3)17(5)14-27(22)6/h2*8-11,13-16H,12H2,1-7H3;2*8-11,13-15H,7,12H2,1-6H3/q4*+1/i6D3;;5D3,12D2;5D3. The van der Waals surface area contributed by atoms with Crippen molar-refractivity contribution in [3.8, 4) is 45.0 Å². The van der Waals surface area contributed by atoms with Gasteiger partial charge in [-0.25, -0.2) is 38.2 Å². The lowest BCUT2D eigenvalue weighted by atomic mass is 9.95. The third-order valence-corrected chi connectivity index (χ3v) is 21.9. The summed E-state index contributed by atoms with van der Waals surface area (Å²) in [5.41, 5.74) is 27.3. The number of aryl methyl sites for hydroxylation is 14. The van der Waals surface area contributed by atoms with Crippen LogP contribution in [0, 0.1) is 78.8 Å². The summed E-state index contributed by atoms with van der Waals surface area (Å²) >= 11 is 0. The predicted molar refractivity (Wildman–Crippen MR) is 472 cm³/mol. The number of nitrogens with zero attached hydrogens (tertiary/aromatic N) is 8. The van der Waals surface area contributed by atoms with E-state index >= 15 is 0 Å². The highest BCUT2D eigenvalue weighted by Crippen LogP contribution is 2.43. The number of hydrogen-bond acceptors (Lipinski definition) is 8. The molecule has 12 nitrogen and oxygen atoms in total. The molecule has 0 N–H and O–H groups in total. The second-order valence-corrected chi connectivity index (χ2v) is 33.5. The second kappa shape index (κ2) is 33.4. The van der Waals surface area contributed by atoms with Crippen molar-refractivity contribution in [1.82, 2.24) is 19.9 Å². The minimum atomic E-state index is -2.44. The van der Waals surface area contributed by atoms with E-state index in [4.69, 9.17) is 42.7 Å². The molecule has 0 bridgehead atoms. The first kappa shape index (κ1) is 67.8. The Morgan fingerprint density at radius 2 is 0.579 bits per heavy atom. The van der Waals surface area contributed by atoms with E-state index in [1.807, 2.05) is 79.5 Å².